The highest BCUT2D eigenvalue weighted by atomic mass is 14.9. The van der Waals surface area contributed by atoms with Gasteiger partial charge in [-0.25, -0.2) is 9.97 Å². The van der Waals surface area contributed by atoms with Crippen LogP contribution in [-0.2, 0) is 6.42 Å². The van der Waals surface area contributed by atoms with E-state index in [4.69, 9.17) is 9.97 Å². The lowest BCUT2D eigenvalue weighted by molar-refractivity contribution is 0.799. The first-order valence-electron chi connectivity index (χ1n) is 12.4. The van der Waals surface area contributed by atoms with Crippen LogP contribution >= 0.6 is 0 Å². The van der Waals surface area contributed by atoms with Gasteiger partial charge in [0.1, 0.15) is 11.6 Å². The molecule has 5 aromatic carbocycles. The van der Waals surface area contributed by atoms with Crippen LogP contribution in [0.25, 0.3) is 65.5 Å². The predicted octanol–water partition coefficient (Wildman–Crippen LogP) is 8.25. The average Bonchev–Trinajstić information content (AvgIpc) is 3.53. The summed E-state index contributed by atoms with van der Waals surface area (Å²) in [7, 11) is 0. The zero-order chi connectivity index (χ0) is 23.7. The zero-order valence-electron chi connectivity index (χ0n) is 20.1. The van der Waals surface area contributed by atoms with Crippen molar-refractivity contribution in [2.24, 2.45) is 0 Å². The Hall–Kier alpha value is -4.18. The van der Waals surface area contributed by atoms with Crippen molar-refractivity contribution < 1.29 is 0 Å². The SMILES string of the molecule is CCc1nc2c3ccccc3c3cc(-c4ccc5c(ccc6nc(C(C)C)[nH]c65)c4)ccc3c2[nH]1. The van der Waals surface area contributed by atoms with Gasteiger partial charge >= 0.3 is 0 Å². The number of imidazole rings is 2. The molecular formula is C31H26N4. The molecule has 7 rings (SSSR count). The van der Waals surface area contributed by atoms with Crippen LogP contribution < -0.4 is 0 Å². The quantitative estimate of drug-likeness (QED) is 0.264. The maximum atomic E-state index is 4.90. The van der Waals surface area contributed by atoms with Crippen molar-refractivity contribution in [3.8, 4) is 11.1 Å². The fourth-order valence-corrected chi connectivity index (χ4v) is 5.35. The zero-order valence-corrected chi connectivity index (χ0v) is 20.1. The molecule has 0 saturated heterocycles. The van der Waals surface area contributed by atoms with E-state index in [9.17, 15) is 0 Å². The van der Waals surface area contributed by atoms with Crippen LogP contribution in [0.2, 0.25) is 0 Å². The van der Waals surface area contributed by atoms with Crippen LogP contribution in [0.15, 0.2) is 72.8 Å². The molecule has 0 aliphatic carbocycles. The first kappa shape index (κ1) is 20.2. The largest absolute Gasteiger partial charge is 0.341 e. The lowest BCUT2D eigenvalue weighted by atomic mass is 9.95. The van der Waals surface area contributed by atoms with Gasteiger partial charge in [0.05, 0.1) is 22.1 Å². The molecule has 170 valence electrons. The molecular weight excluding hydrogens is 428 g/mol. The molecule has 7 aromatic rings. The Morgan fingerprint density at radius 2 is 1.46 bits per heavy atom. The fraction of sp³-hybridized carbons (Fsp3) is 0.161. The van der Waals surface area contributed by atoms with Crippen LogP contribution in [0.1, 0.15) is 38.3 Å². The third-order valence-corrected chi connectivity index (χ3v) is 7.22. The molecule has 2 aromatic heterocycles. The van der Waals surface area contributed by atoms with Gasteiger partial charge in [0.2, 0.25) is 0 Å². The van der Waals surface area contributed by atoms with Crippen molar-refractivity contribution in [1.29, 1.82) is 0 Å². The second-order valence-corrected chi connectivity index (χ2v) is 9.74. The highest BCUT2D eigenvalue weighted by Gasteiger charge is 2.14. The average molecular weight is 455 g/mol. The molecule has 0 saturated carbocycles. The smallest absolute Gasteiger partial charge is 0.109 e. The van der Waals surface area contributed by atoms with E-state index in [0.717, 1.165) is 40.1 Å². The van der Waals surface area contributed by atoms with Gasteiger partial charge in [-0.3, -0.25) is 0 Å². The number of hydrogen-bond donors (Lipinski definition) is 2. The maximum Gasteiger partial charge on any atom is 0.109 e. The molecule has 4 nitrogen and oxygen atoms in total. The number of H-pyrrole nitrogens is 2. The van der Waals surface area contributed by atoms with E-state index in [1.165, 1.54) is 43.4 Å². The van der Waals surface area contributed by atoms with Gasteiger partial charge in [-0.2, -0.15) is 0 Å². The van der Waals surface area contributed by atoms with Crippen molar-refractivity contribution in [2.75, 3.05) is 0 Å². The Balaban J connectivity index is 1.45. The van der Waals surface area contributed by atoms with Crippen LogP contribution in [0.3, 0.4) is 0 Å². The van der Waals surface area contributed by atoms with Crippen LogP contribution in [0.5, 0.6) is 0 Å². The molecule has 0 bridgehead atoms. The second-order valence-electron chi connectivity index (χ2n) is 9.74. The minimum Gasteiger partial charge on any atom is -0.341 e. The number of fused-ring (bicyclic) bond motifs is 9. The van der Waals surface area contributed by atoms with Crippen molar-refractivity contribution in [3.63, 3.8) is 0 Å². The molecule has 0 radical (unpaired) electrons. The number of aromatic amines is 2. The lowest BCUT2D eigenvalue weighted by Gasteiger charge is -2.10. The Morgan fingerprint density at radius 3 is 2.26 bits per heavy atom. The highest BCUT2D eigenvalue weighted by molar-refractivity contribution is 6.23. The number of aryl methyl sites for hydroxylation is 1. The van der Waals surface area contributed by atoms with Gasteiger partial charge in [-0.05, 0) is 45.5 Å². The Morgan fingerprint density at radius 1 is 0.686 bits per heavy atom. The number of aromatic nitrogens is 4. The summed E-state index contributed by atoms with van der Waals surface area (Å²) in [5.41, 5.74) is 6.77. The summed E-state index contributed by atoms with van der Waals surface area (Å²) >= 11 is 0. The summed E-state index contributed by atoms with van der Waals surface area (Å²) in [6.45, 7) is 6.48. The summed E-state index contributed by atoms with van der Waals surface area (Å²) < 4.78 is 0. The van der Waals surface area contributed by atoms with Gasteiger partial charge in [0, 0.05) is 28.5 Å². The summed E-state index contributed by atoms with van der Waals surface area (Å²) in [6.07, 6.45) is 0.891. The summed E-state index contributed by atoms with van der Waals surface area (Å²) in [5.74, 6) is 2.44. The van der Waals surface area contributed by atoms with Crippen molar-refractivity contribution >= 4 is 54.4 Å². The second kappa shape index (κ2) is 7.41. The number of hydrogen-bond acceptors (Lipinski definition) is 2. The summed E-state index contributed by atoms with van der Waals surface area (Å²) in [6, 6.07) is 26.5. The van der Waals surface area contributed by atoms with Crippen molar-refractivity contribution in [2.45, 2.75) is 33.1 Å². The molecule has 0 aliphatic rings. The minimum atomic E-state index is 0.374. The van der Waals surface area contributed by atoms with Gasteiger partial charge in [0.15, 0.2) is 0 Å². The molecule has 2 N–H and O–H groups in total. The Bertz CT molecular complexity index is 1920. The number of nitrogens with one attached hydrogen (secondary N) is 2. The van der Waals surface area contributed by atoms with Gasteiger partial charge in [-0.1, -0.05) is 75.4 Å². The standard InChI is InChI=1S/C31H26N4/c1-4-27-33-29-23-8-6-5-7-22(23)25-16-19(10-13-24(25)30(29)34-27)18-9-12-21-20(15-18)11-14-26-28(21)35-31(32-26)17(2)3/h5-17H,4H2,1-3H3,(H,32,35)(H,33,34). The topological polar surface area (TPSA) is 57.4 Å². The molecule has 0 fully saturated rings. The third-order valence-electron chi connectivity index (χ3n) is 7.22. The molecule has 35 heavy (non-hydrogen) atoms. The minimum absolute atomic E-state index is 0.374. The summed E-state index contributed by atoms with van der Waals surface area (Å²) in [4.78, 5) is 16.8. The van der Waals surface area contributed by atoms with E-state index in [2.05, 4.69) is 104 Å². The molecule has 0 spiro atoms. The first-order chi connectivity index (χ1) is 17.1. The Kier molecular flexibility index (Phi) is 4.28. The van der Waals surface area contributed by atoms with Crippen LogP contribution in [0, 0.1) is 0 Å². The highest BCUT2D eigenvalue weighted by Crippen LogP contribution is 2.37. The molecule has 2 heterocycles. The number of nitrogens with zero attached hydrogens (tertiary/aromatic N) is 2. The van der Waals surface area contributed by atoms with E-state index >= 15 is 0 Å². The van der Waals surface area contributed by atoms with E-state index in [1.807, 2.05) is 0 Å². The number of rotatable bonds is 3. The van der Waals surface area contributed by atoms with Gasteiger partial charge < -0.3 is 9.97 Å². The normalized spacial score (nSPS) is 12.2. The van der Waals surface area contributed by atoms with E-state index in [1.54, 1.807) is 0 Å². The first-order valence-corrected chi connectivity index (χ1v) is 12.4. The Labute approximate surface area is 203 Å². The lowest BCUT2D eigenvalue weighted by Crippen LogP contribution is -1.88. The van der Waals surface area contributed by atoms with Gasteiger partial charge in [0.25, 0.3) is 0 Å². The number of benzene rings is 5. The maximum absolute atomic E-state index is 4.90. The molecule has 0 unspecified atom stereocenters. The van der Waals surface area contributed by atoms with E-state index in [-0.39, 0.29) is 0 Å². The molecule has 0 aliphatic heterocycles. The summed E-state index contributed by atoms with van der Waals surface area (Å²) in [5, 5.41) is 7.34. The van der Waals surface area contributed by atoms with Crippen molar-refractivity contribution in [1.82, 2.24) is 19.9 Å². The predicted molar refractivity (Wildman–Crippen MR) is 147 cm³/mol. The van der Waals surface area contributed by atoms with Crippen molar-refractivity contribution in [3.05, 3.63) is 84.4 Å². The van der Waals surface area contributed by atoms with E-state index in [0.29, 0.717) is 5.92 Å². The van der Waals surface area contributed by atoms with E-state index < -0.39 is 0 Å². The molecule has 0 amide bonds. The molecule has 4 heteroatoms. The van der Waals surface area contributed by atoms with Gasteiger partial charge in [-0.15, -0.1) is 0 Å². The third kappa shape index (κ3) is 2.99. The molecule has 0 atom stereocenters. The van der Waals surface area contributed by atoms with Crippen LogP contribution in [-0.4, -0.2) is 19.9 Å². The monoisotopic (exact) mass is 454 g/mol. The fourth-order valence-electron chi connectivity index (χ4n) is 5.35. The van der Waals surface area contributed by atoms with Crippen LogP contribution in [0.4, 0.5) is 0 Å².